The van der Waals surface area contributed by atoms with E-state index in [4.69, 9.17) is 9.72 Å². The fourth-order valence-electron chi connectivity index (χ4n) is 3.37. The monoisotopic (exact) mass is 481 g/mol. The first-order valence-corrected chi connectivity index (χ1v) is 11.6. The molecule has 0 spiro atoms. The molecule has 0 aliphatic carbocycles. The number of ether oxygens (including phenoxy) is 1. The number of nitrogens with zero attached hydrogens (tertiary/aromatic N) is 5. The normalized spacial score (nSPS) is 15.5. The molecule has 2 aromatic heterocycles. The molecule has 11 nitrogen and oxygen atoms in total. The van der Waals surface area contributed by atoms with Gasteiger partial charge in [0.25, 0.3) is 0 Å². The minimum absolute atomic E-state index is 0.0843. The second kappa shape index (κ2) is 10.4. The van der Waals surface area contributed by atoms with E-state index in [1.807, 2.05) is 6.92 Å². The number of nitrogens with one attached hydrogen (secondary N) is 2. The van der Waals surface area contributed by atoms with Crippen molar-refractivity contribution in [3.63, 3.8) is 0 Å². The summed E-state index contributed by atoms with van der Waals surface area (Å²) < 4.78 is 28.7. The van der Waals surface area contributed by atoms with E-state index in [9.17, 15) is 13.2 Å². The van der Waals surface area contributed by atoms with Crippen LogP contribution in [0.3, 0.4) is 0 Å². The molecule has 0 bridgehead atoms. The van der Waals surface area contributed by atoms with Crippen LogP contribution in [0, 0.1) is 0 Å². The van der Waals surface area contributed by atoms with Crippen LogP contribution in [-0.4, -0.2) is 65.0 Å². The quantitative estimate of drug-likeness (QED) is 0.415. The van der Waals surface area contributed by atoms with Gasteiger partial charge in [-0.2, -0.15) is 8.42 Å². The predicted molar refractivity (Wildman–Crippen MR) is 128 cm³/mol. The first-order chi connectivity index (χ1) is 16.4. The van der Waals surface area contributed by atoms with Crippen LogP contribution in [0.25, 0.3) is 11.4 Å². The van der Waals surface area contributed by atoms with Crippen LogP contribution in [-0.2, 0) is 15.0 Å². The molecule has 1 aromatic carbocycles. The summed E-state index contributed by atoms with van der Waals surface area (Å²) in [4.78, 5) is 31.4. The Morgan fingerprint density at radius 3 is 2.53 bits per heavy atom. The Morgan fingerprint density at radius 1 is 1.12 bits per heavy atom. The van der Waals surface area contributed by atoms with Gasteiger partial charge in [0.05, 0.1) is 29.8 Å². The molecular formula is C22H23N7O4S. The highest BCUT2D eigenvalue weighted by Crippen LogP contribution is 2.24. The molecule has 176 valence electrons. The van der Waals surface area contributed by atoms with E-state index in [2.05, 4.69) is 30.5 Å². The summed E-state index contributed by atoms with van der Waals surface area (Å²) in [5.41, 5.74) is 1.54. The van der Waals surface area contributed by atoms with E-state index in [0.29, 0.717) is 48.3 Å². The van der Waals surface area contributed by atoms with Crippen molar-refractivity contribution >= 4 is 38.6 Å². The first-order valence-electron chi connectivity index (χ1n) is 10.5. The highest BCUT2D eigenvalue weighted by Gasteiger charge is 2.22. The summed E-state index contributed by atoms with van der Waals surface area (Å²) in [6.07, 6.45) is 3.05. The lowest BCUT2D eigenvalue weighted by molar-refractivity contribution is 0.0985. The van der Waals surface area contributed by atoms with E-state index >= 15 is 0 Å². The summed E-state index contributed by atoms with van der Waals surface area (Å²) >= 11 is 0. The summed E-state index contributed by atoms with van der Waals surface area (Å²) in [7, 11) is -2.41. The third-order valence-electron chi connectivity index (χ3n) is 5.18. The van der Waals surface area contributed by atoms with Gasteiger partial charge in [-0.15, -0.1) is 0 Å². The molecule has 1 aliphatic rings. The first kappa shape index (κ1) is 23.3. The van der Waals surface area contributed by atoms with Gasteiger partial charge in [-0.3, -0.25) is 5.32 Å². The largest absolute Gasteiger partial charge is 0.377 e. The molecule has 0 unspecified atom stereocenters. The molecule has 3 aromatic rings. The molecule has 2 amide bonds. The molecule has 2 N–H and O–H groups in total. The molecular weight excluding hydrogens is 458 g/mol. The summed E-state index contributed by atoms with van der Waals surface area (Å²) in [5, 5.41) is 5.25. The van der Waals surface area contributed by atoms with E-state index in [1.165, 1.54) is 19.3 Å². The number of carbonyl (C=O) groups is 1. The highest BCUT2D eigenvalue weighted by molar-refractivity contribution is 7.73. The van der Waals surface area contributed by atoms with Crippen LogP contribution in [0.5, 0.6) is 0 Å². The molecule has 0 radical (unpaired) electrons. The average Bonchev–Trinajstić information content (AvgIpc) is 2.84. The number of rotatable bonds is 5. The van der Waals surface area contributed by atoms with Crippen molar-refractivity contribution in [2.45, 2.75) is 19.9 Å². The zero-order valence-electron chi connectivity index (χ0n) is 18.6. The average molecular weight is 482 g/mol. The van der Waals surface area contributed by atoms with Crippen LogP contribution < -0.4 is 15.5 Å². The van der Waals surface area contributed by atoms with Gasteiger partial charge in [0.15, 0.2) is 5.82 Å². The second-order valence-electron chi connectivity index (χ2n) is 7.57. The van der Waals surface area contributed by atoms with Crippen molar-refractivity contribution in [1.82, 2.24) is 19.9 Å². The second-order valence-corrected chi connectivity index (χ2v) is 8.65. The van der Waals surface area contributed by atoms with Crippen LogP contribution in [0.2, 0.25) is 0 Å². The van der Waals surface area contributed by atoms with Gasteiger partial charge in [0.2, 0.25) is 16.2 Å². The lowest BCUT2D eigenvalue weighted by atomic mass is 10.1. The Morgan fingerprint density at radius 2 is 1.85 bits per heavy atom. The third-order valence-corrected chi connectivity index (χ3v) is 5.89. The predicted octanol–water partition coefficient (Wildman–Crippen LogP) is 2.22. The maximum atomic E-state index is 12.2. The van der Waals surface area contributed by atoms with Crippen molar-refractivity contribution in [3.8, 4) is 11.4 Å². The number of aromatic nitrogens is 4. The third kappa shape index (κ3) is 5.53. The topological polar surface area (TPSA) is 139 Å². The van der Waals surface area contributed by atoms with E-state index in [-0.39, 0.29) is 16.9 Å². The van der Waals surface area contributed by atoms with Gasteiger partial charge >= 0.3 is 6.03 Å². The Hall–Kier alpha value is -3.90. The van der Waals surface area contributed by atoms with Crippen molar-refractivity contribution in [3.05, 3.63) is 54.5 Å². The van der Waals surface area contributed by atoms with Crippen LogP contribution in [0.1, 0.15) is 19.5 Å². The zero-order valence-corrected chi connectivity index (χ0v) is 19.4. The maximum Gasteiger partial charge on any atom is 0.326 e. The van der Waals surface area contributed by atoms with Crippen LogP contribution >= 0.6 is 0 Å². The summed E-state index contributed by atoms with van der Waals surface area (Å²) in [6.45, 7) is 5.28. The van der Waals surface area contributed by atoms with Gasteiger partial charge in [0.1, 0.15) is 5.82 Å². The molecule has 1 fully saturated rings. The Bertz CT molecular complexity index is 1310. The van der Waals surface area contributed by atoms with Crippen LogP contribution in [0.15, 0.2) is 48.8 Å². The number of anilines is 3. The smallest absolute Gasteiger partial charge is 0.326 e. The SMILES string of the molecule is CC(c1cc(N2CCOC[C@@H]2C)nc(-c2ccc(NC(=O)Nc3ncccn3)cc2)n1)=S(=O)=O. The molecule has 12 heteroatoms. The van der Waals surface area contributed by atoms with Crippen molar-refractivity contribution in [2.24, 2.45) is 0 Å². The molecule has 1 saturated heterocycles. The number of amides is 2. The number of morpholine rings is 1. The number of carbonyl (C=O) groups excluding carboxylic acids is 1. The fraction of sp³-hybridized carbons (Fsp3) is 0.273. The molecule has 3 heterocycles. The minimum atomic E-state index is -2.41. The molecule has 1 atom stereocenters. The summed E-state index contributed by atoms with van der Waals surface area (Å²) in [6, 6.07) is 9.85. The van der Waals surface area contributed by atoms with Crippen molar-refractivity contribution in [2.75, 3.05) is 35.3 Å². The van der Waals surface area contributed by atoms with Gasteiger partial charge in [-0.25, -0.2) is 24.7 Å². The fourth-order valence-corrected chi connectivity index (χ4v) is 3.65. The van der Waals surface area contributed by atoms with E-state index in [1.54, 1.807) is 36.4 Å². The summed E-state index contributed by atoms with van der Waals surface area (Å²) in [5.74, 6) is 1.20. The number of hydrogen-bond donors (Lipinski definition) is 2. The standard InChI is InChI=1S/C22H23N7O4S/c1-14-13-33-11-10-29(14)19-12-18(15(2)34(31)32)26-20(27-19)16-4-6-17(7-5-16)25-22(30)28-21-23-8-3-9-24-21/h3-9,12,14H,10-11,13H2,1-2H3,(H2,23,24,25,28,30)/t14-/m0/s1. The van der Waals surface area contributed by atoms with Gasteiger partial charge < -0.3 is 15.0 Å². The molecule has 34 heavy (non-hydrogen) atoms. The lowest BCUT2D eigenvalue weighted by Crippen LogP contribution is -2.44. The van der Waals surface area contributed by atoms with Gasteiger partial charge in [-0.1, -0.05) is 0 Å². The Labute approximate surface area is 197 Å². The van der Waals surface area contributed by atoms with Crippen molar-refractivity contribution < 1.29 is 17.9 Å². The number of benzene rings is 1. The zero-order chi connectivity index (χ0) is 24.1. The Kier molecular flexibility index (Phi) is 7.09. The van der Waals surface area contributed by atoms with Crippen LogP contribution in [0.4, 0.5) is 22.2 Å². The number of urea groups is 1. The molecule has 1 aliphatic heterocycles. The molecule has 4 rings (SSSR count). The van der Waals surface area contributed by atoms with Gasteiger partial charge in [0, 0.05) is 36.3 Å². The van der Waals surface area contributed by atoms with E-state index < -0.39 is 16.3 Å². The number of hydrogen-bond acceptors (Lipinski definition) is 9. The maximum absolute atomic E-state index is 12.2. The van der Waals surface area contributed by atoms with E-state index in [0.717, 1.165) is 0 Å². The molecule has 0 saturated carbocycles. The lowest BCUT2D eigenvalue weighted by Gasteiger charge is -2.34. The van der Waals surface area contributed by atoms with Gasteiger partial charge in [-0.05, 0) is 44.2 Å². The highest BCUT2D eigenvalue weighted by atomic mass is 32.2. The van der Waals surface area contributed by atoms with Crippen molar-refractivity contribution in [1.29, 1.82) is 0 Å². The minimum Gasteiger partial charge on any atom is -0.377 e. The Balaban J connectivity index is 1.60.